The smallest absolute Gasteiger partial charge is 0.242 e. The fourth-order valence-electron chi connectivity index (χ4n) is 1.91. The Labute approximate surface area is 112 Å². The molecule has 7 heteroatoms. The molecule has 0 amide bonds. The molecule has 2 rings (SSSR count). The lowest BCUT2D eigenvalue weighted by molar-refractivity contribution is 0.579. The predicted molar refractivity (Wildman–Crippen MR) is 74.9 cm³/mol. The molecule has 1 aliphatic heterocycles. The van der Waals surface area contributed by atoms with Gasteiger partial charge in [-0.2, -0.15) is 11.8 Å². The Hall–Kier alpha value is -0.760. The molecular weight excluding hydrogens is 270 g/mol. The molecule has 1 aromatic carbocycles. The van der Waals surface area contributed by atoms with Gasteiger partial charge in [-0.3, -0.25) is 5.84 Å². The minimum absolute atomic E-state index is 0.190. The third-order valence-corrected chi connectivity index (χ3v) is 5.74. The van der Waals surface area contributed by atoms with Crippen LogP contribution in [0, 0.1) is 0 Å². The second-order valence-electron chi connectivity index (χ2n) is 4.13. The maximum atomic E-state index is 12.2. The molecule has 1 aromatic rings. The zero-order valence-electron chi connectivity index (χ0n) is 9.93. The van der Waals surface area contributed by atoms with E-state index in [2.05, 4.69) is 10.1 Å². The van der Waals surface area contributed by atoms with Crippen molar-refractivity contribution in [3.8, 4) is 0 Å². The summed E-state index contributed by atoms with van der Waals surface area (Å²) in [5, 5.41) is 0.387. The van der Waals surface area contributed by atoms with Crippen molar-refractivity contribution in [1.82, 2.24) is 4.72 Å². The molecular formula is C11H17N3O2S2. The van der Waals surface area contributed by atoms with Gasteiger partial charge in [0.15, 0.2) is 0 Å². The van der Waals surface area contributed by atoms with E-state index in [-0.39, 0.29) is 4.90 Å². The fourth-order valence-corrected chi connectivity index (χ4v) is 4.46. The van der Waals surface area contributed by atoms with E-state index in [0.717, 1.165) is 18.6 Å². The van der Waals surface area contributed by atoms with Crippen molar-refractivity contribution in [3.05, 3.63) is 24.3 Å². The van der Waals surface area contributed by atoms with Crippen molar-refractivity contribution in [2.24, 2.45) is 5.84 Å². The van der Waals surface area contributed by atoms with Crippen LogP contribution in [0.15, 0.2) is 29.2 Å². The first-order valence-corrected chi connectivity index (χ1v) is 8.33. The molecule has 18 heavy (non-hydrogen) atoms. The fraction of sp³-hybridized carbons (Fsp3) is 0.455. The van der Waals surface area contributed by atoms with Gasteiger partial charge in [-0.05, 0) is 30.7 Å². The number of sulfonamides is 1. The number of nitrogens with one attached hydrogen (secondary N) is 2. The summed E-state index contributed by atoms with van der Waals surface area (Å²) < 4.78 is 27.0. The van der Waals surface area contributed by atoms with Crippen molar-refractivity contribution in [3.63, 3.8) is 0 Å². The predicted octanol–water partition coefficient (Wildman–Crippen LogP) is 1.15. The van der Waals surface area contributed by atoms with Crippen LogP contribution in [0.5, 0.6) is 0 Å². The van der Waals surface area contributed by atoms with Gasteiger partial charge in [-0.25, -0.2) is 13.1 Å². The first-order chi connectivity index (χ1) is 8.63. The number of nitrogen functional groups attached to an aromatic ring is 1. The van der Waals surface area contributed by atoms with Gasteiger partial charge in [0.1, 0.15) is 4.90 Å². The molecule has 4 N–H and O–H groups in total. The lowest BCUT2D eigenvalue weighted by atomic mass is 10.2. The van der Waals surface area contributed by atoms with E-state index in [1.807, 2.05) is 11.8 Å². The molecule has 1 unspecified atom stereocenters. The van der Waals surface area contributed by atoms with E-state index in [4.69, 9.17) is 5.84 Å². The Kier molecular flexibility index (Phi) is 4.50. The van der Waals surface area contributed by atoms with E-state index in [1.54, 1.807) is 24.3 Å². The third kappa shape index (κ3) is 3.17. The standard InChI is InChI=1S/C11H17N3O2S2/c12-14-10-5-1-2-6-11(10)18(15,16)13-8-9-4-3-7-17-9/h1-2,5-6,9,13-14H,3-4,7-8,12H2. The first kappa shape index (κ1) is 13.7. The molecule has 1 saturated heterocycles. The summed E-state index contributed by atoms with van der Waals surface area (Å²) >= 11 is 1.82. The van der Waals surface area contributed by atoms with Crippen LogP contribution in [0.1, 0.15) is 12.8 Å². The molecule has 5 nitrogen and oxygen atoms in total. The van der Waals surface area contributed by atoms with Gasteiger partial charge < -0.3 is 5.43 Å². The van der Waals surface area contributed by atoms with Crippen LogP contribution in [-0.2, 0) is 10.0 Å². The van der Waals surface area contributed by atoms with Crippen LogP contribution in [0.25, 0.3) is 0 Å². The second-order valence-corrected chi connectivity index (χ2v) is 7.27. The summed E-state index contributed by atoms with van der Waals surface area (Å²) in [6.07, 6.45) is 2.24. The number of anilines is 1. The van der Waals surface area contributed by atoms with Crippen molar-refractivity contribution in [2.75, 3.05) is 17.7 Å². The highest BCUT2D eigenvalue weighted by atomic mass is 32.2. The lowest BCUT2D eigenvalue weighted by Gasteiger charge is -2.13. The lowest BCUT2D eigenvalue weighted by Crippen LogP contribution is -2.30. The summed E-state index contributed by atoms with van der Waals surface area (Å²) in [7, 11) is -3.50. The summed E-state index contributed by atoms with van der Waals surface area (Å²) in [6.45, 7) is 0.478. The SMILES string of the molecule is NNc1ccccc1S(=O)(=O)NCC1CCCS1. The molecule has 0 radical (unpaired) electrons. The molecule has 1 aliphatic rings. The molecule has 0 aromatic heterocycles. The second kappa shape index (κ2) is 5.92. The Morgan fingerprint density at radius 1 is 1.39 bits per heavy atom. The van der Waals surface area contributed by atoms with Gasteiger partial charge in [0.05, 0.1) is 5.69 Å². The summed E-state index contributed by atoms with van der Waals surface area (Å²) in [5.74, 6) is 6.44. The summed E-state index contributed by atoms with van der Waals surface area (Å²) in [5.41, 5.74) is 2.81. The number of nitrogens with two attached hydrogens (primary N) is 1. The largest absolute Gasteiger partial charge is 0.323 e. The van der Waals surface area contributed by atoms with Crippen LogP contribution in [0.4, 0.5) is 5.69 Å². The van der Waals surface area contributed by atoms with Crippen LogP contribution in [-0.4, -0.2) is 26.0 Å². The first-order valence-electron chi connectivity index (χ1n) is 5.80. The van der Waals surface area contributed by atoms with Crippen LogP contribution >= 0.6 is 11.8 Å². The van der Waals surface area contributed by atoms with Gasteiger partial charge in [0.25, 0.3) is 0 Å². The van der Waals surface area contributed by atoms with Crippen molar-refractivity contribution >= 4 is 27.5 Å². The van der Waals surface area contributed by atoms with Gasteiger partial charge in [-0.1, -0.05) is 12.1 Å². The van der Waals surface area contributed by atoms with Crippen molar-refractivity contribution in [2.45, 2.75) is 23.0 Å². The number of hydrogen-bond donors (Lipinski definition) is 3. The summed E-state index contributed by atoms with van der Waals surface area (Å²) in [4.78, 5) is 0.190. The Bertz CT molecular complexity index is 499. The molecule has 0 saturated carbocycles. The van der Waals surface area contributed by atoms with Crippen molar-refractivity contribution in [1.29, 1.82) is 0 Å². The quantitative estimate of drug-likeness (QED) is 0.559. The number of hydrazine groups is 1. The highest BCUT2D eigenvalue weighted by molar-refractivity contribution is 8.00. The number of para-hydroxylation sites is 1. The minimum atomic E-state index is -3.50. The molecule has 1 atom stereocenters. The number of benzene rings is 1. The highest BCUT2D eigenvalue weighted by Crippen LogP contribution is 2.26. The molecule has 0 aliphatic carbocycles. The van der Waals surface area contributed by atoms with Crippen LogP contribution in [0.3, 0.4) is 0 Å². The van der Waals surface area contributed by atoms with E-state index in [0.29, 0.717) is 17.5 Å². The number of rotatable bonds is 5. The zero-order chi connectivity index (χ0) is 13.0. The Morgan fingerprint density at radius 2 is 2.17 bits per heavy atom. The van der Waals surface area contributed by atoms with Gasteiger partial charge in [0.2, 0.25) is 10.0 Å². The molecule has 100 valence electrons. The zero-order valence-corrected chi connectivity index (χ0v) is 11.6. The summed E-state index contributed by atoms with van der Waals surface area (Å²) in [6, 6.07) is 6.60. The maximum absolute atomic E-state index is 12.2. The van der Waals surface area contributed by atoms with Gasteiger partial charge >= 0.3 is 0 Å². The monoisotopic (exact) mass is 287 g/mol. The molecule has 1 heterocycles. The topological polar surface area (TPSA) is 84.2 Å². The van der Waals surface area contributed by atoms with Gasteiger partial charge in [0, 0.05) is 11.8 Å². The van der Waals surface area contributed by atoms with Crippen LogP contribution in [0.2, 0.25) is 0 Å². The van der Waals surface area contributed by atoms with Gasteiger partial charge in [-0.15, -0.1) is 0 Å². The average Bonchev–Trinajstić information content (AvgIpc) is 2.89. The van der Waals surface area contributed by atoms with E-state index in [1.165, 1.54) is 0 Å². The third-order valence-electron chi connectivity index (χ3n) is 2.86. The highest BCUT2D eigenvalue weighted by Gasteiger charge is 2.21. The van der Waals surface area contributed by atoms with E-state index < -0.39 is 10.0 Å². The Morgan fingerprint density at radius 3 is 2.83 bits per heavy atom. The number of thioether (sulfide) groups is 1. The Balaban J connectivity index is 2.09. The number of hydrogen-bond acceptors (Lipinski definition) is 5. The average molecular weight is 287 g/mol. The van der Waals surface area contributed by atoms with Crippen LogP contribution < -0.4 is 16.0 Å². The minimum Gasteiger partial charge on any atom is -0.323 e. The molecule has 0 bridgehead atoms. The normalized spacial score (nSPS) is 19.9. The molecule has 1 fully saturated rings. The van der Waals surface area contributed by atoms with E-state index in [9.17, 15) is 8.42 Å². The van der Waals surface area contributed by atoms with Crippen molar-refractivity contribution < 1.29 is 8.42 Å². The van der Waals surface area contributed by atoms with E-state index >= 15 is 0 Å². The molecule has 0 spiro atoms. The maximum Gasteiger partial charge on any atom is 0.242 e.